The number of carbonyl (C=O) groups excluding carboxylic acids is 1. The zero-order chi connectivity index (χ0) is 17.7. The van der Waals surface area contributed by atoms with Crippen LogP contribution in [-0.4, -0.2) is 37.7 Å². The lowest BCUT2D eigenvalue weighted by atomic mass is 9.99. The molecule has 0 saturated heterocycles. The highest BCUT2D eigenvalue weighted by Gasteiger charge is 2.26. The van der Waals surface area contributed by atoms with E-state index in [1.165, 1.54) is 11.6 Å². The average Bonchev–Trinajstić information content (AvgIpc) is 2.75. The zero-order valence-corrected chi connectivity index (χ0v) is 13.7. The maximum atomic E-state index is 11.9. The van der Waals surface area contributed by atoms with Gasteiger partial charge >= 0.3 is 11.7 Å². The summed E-state index contributed by atoms with van der Waals surface area (Å²) in [5.74, 6) is -1.69. The second-order valence-electron chi connectivity index (χ2n) is 5.52. The van der Waals surface area contributed by atoms with E-state index in [1.54, 1.807) is 13.8 Å². The van der Waals surface area contributed by atoms with Gasteiger partial charge in [-0.25, -0.2) is 4.79 Å². The number of carboxylic acids is 1. The van der Waals surface area contributed by atoms with Gasteiger partial charge in [0.1, 0.15) is 17.4 Å². The van der Waals surface area contributed by atoms with Crippen LogP contribution in [0.2, 0.25) is 0 Å². The number of amides is 1. The van der Waals surface area contributed by atoms with Crippen molar-refractivity contribution in [3.05, 3.63) is 21.5 Å². The molecule has 1 heterocycles. The first-order valence-corrected chi connectivity index (χ1v) is 7.39. The number of aromatic nitrogens is 2. The first kappa shape index (κ1) is 18.6. The fourth-order valence-electron chi connectivity index (χ4n) is 2.31. The van der Waals surface area contributed by atoms with E-state index in [-0.39, 0.29) is 30.3 Å². The van der Waals surface area contributed by atoms with E-state index in [0.717, 1.165) is 0 Å². The van der Waals surface area contributed by atoms with Gasteiger partial charge < -0.3 is 10.4 Å². The van der Waals surface area contributed by atoms with Crippen LogP contribution in [0.25, 0.3) is 0 Å². The van der Waals surface area contributed by atoms with Gasteiger partial charge in [0, 0.05) is 6.42 Å². The third kappa shape index (κ3) is 4.51. The highest BCUT2D eigenvalue weighted by molar-refractivity contribution is 5.83. The van der Waals surface area contributed by atoms with Crippen LogP contribution in [-0.2, 0) is 16.1 Å². The topological polar surface area (TPSA) is 127 Å². The monoisotopic (exact) mass is 326 g/mol. The lowest BCUT2D eigenvalue weighted by Gasteiger charge is -2.20. The minimum Gasteiger partial charge on any atom is -0.480 e. The van der Waals surface area contributed by atoms with E-state index in [4.69, 9.17) is 5.11 Å². The Bertz CT molecular complexity index is 611. The van der Waals surface area contributed by atoms with Crippen molar-refractivity contribution in [1.29, 1.82) is 0 Å². The molecule has 0 radical (unpaired) electrons. The Morgan fingerprint density at radius 2 is 2.04 bits per heavy atom. The summed E-state index contributed by atoms with van der Waals surface area (Å²) in [7, 11) is 0. The second-order valence-corrected chi connectivity index (χ2v) is 5.52. The Morgan fingerprint density at radius 3 is 2.48 bits per heavy atom. The predicted molar refractivity (Wildman–Crippen MR) is 82.0 cm³/mol. The molecule has 1 aromatic rings. The lowest BCUT2D eigenvalue weighted by Crippen LogP contribution is -2.45. The maximum absolute atomic E-state index is 11.9. The average molecular weight is 326 g/mol. The van der Waals surface area contributed by atoms with Crippen molar-refractivity contribution in [3.8, 4) is 0 Å². The number of carbonyl (C=O) groups is 2. The van der Waals surface area contributed by atoms with Gasteiger partial charge in [-0.15, -0.1) is 0 Å². The predicted octanol–water partition coefficient (Wildman–Crippen LogP) is 1.41. The normalized spacial score (nSPS) is 13.4. The van der Waals surface area contributed by atoms with Gasteiger partial charge in [-0.3, -0.25) is 19.6 Å². The largest absolute Gasteiger partial charge is 0.480 e. The smallest absolute Gasteiger partial charge is 0.326 e. The van der Waals surface area contributed by atoms with Crippen LogP contribution in [0.4, 0.5) is 5.69 Å². The Labute approximate surface area is 133 Å². The molecule has 0 aromatic carbocycles. The third-order valence-electron chi connectivity index (χ3n) is 3.87. The molecule has 1 amide bonds. The summed E-state index contributed by atoms with van der Waals surface area (Å²) in [6, 6.07) is -0.942. The Hall–Kier alpha value is -2.45. The number of nitrogens with one attached hydrogen (secondary N) is 1. The summed E-state index contributed by atoms with van der Waals surface area (Å²) < 4.78 is 1.39. The highest BCUT2D eigenvalue weighted by atomic mass is 16.6. The van der Waals surface area contributed by atoms with Crippen molar-refractivity contribution in [2.75, 3.05) is 0 Å². The molecular formula is C14H22N4O5. The van der Waals surface area contributed by atoms with Crippen molar-refractivity contribution in [2.24, 2.45) is 5.92 Å². The Kier molecular flexibility index (Phi) is 6.23. The molecule has 0 aliphatic carbocycles. The molecule has 23 heavy (non-hydrogen) atoms. The molecule has 0 aliphatic heterocycles. The maximum Gasteiger partial charge on any atom is 0.326 e. The number of hydrogen-bond acceptors (Lipinski definition) is 5. The Morgan fingerprint density at radius 1 is 1.43 bits per heavy atom. The van der Waals surface area contributed by atoms with Gasteiger partial charge in [0.15, 0.2) is 0 Å². The molecule has 0 fully saturated rings. The number of aliphatic carboxylic acids is 1. The number of nitrogens with zero attached hydrogens (tertiary/aromatic N) is 3. The molecular weight excluding hydrogens is 304 g/mol. The molecule has 0 spiro atoms. The van der Waals surface area contributed by atoms with E-state index < -0.39 is 22.8 Å². The van der Waals surface area contributed by atoms with Gasteiger partial charge in [-0.05, 0) is 19.8 Å². The van der Waals surface area contributed by atoms with E-state index in [1.807, 2.05) is 6.92 Å². The van der Waals surface area contributed by atoms with Crippen LogP contribution in [0, 0.1) is 29.9 Å². The van der Waals surface area contributed by atoms with Gasteiger partial charge in [-0.1, -0.05) is 20.3 Å². The van der Waals surface area contributed by atoms with Gasteiger partial charge in [0.05, 0.1) is 11.5 Å². The van der Waals surface area contributed by atoms with Crippen LogP contribution in [0.15, 0.2) is 0 Å². The fourth-order valence-corrected chi connectivity index (χ4v) is 2.31. The summed E-state index contributed by atoms with van der Waals surface area (Å²) in [6.45, 7) is 6.85. The highest BCUT2D eigenvalue weighted by Crippen LogP contribution is 2.21. The molecule has 1 rings (SSSR count). The van der Waals surface area contributed by atoms with Crippen LogP contribution >= 0.6 is 0 Å². The minimum atomic E-state index is -1.07. The quantitative estimate of drug-likeness (QED) is 0.549. The summed E-state index contributed by atoms with van der Waals surface area (Å²) >= 11 is 0. The zero-order valence-electron chi connectivity index (χ0n) is 13.7. The summed E-state index contributed by atoms with van der Waals surface area (Å²) in [4.78, 5) is 33.5. The molecule has 0 saturated carbocycles. The van der Waals surface area contributed by atoms with E-state index >= 15 is 0 Å². The van der Waals surface area contributed by atoms with Crippen molar-refractivity contribution in [3.63, 3.8) is 0 Å². The Balaban J connectivity index is 2.72. The minimum absolute atomic E-state index is 0.000666. The van der Waals surface area contributed by atoms with Crippen LogP contribution in [0.3, 0.4) is 0 Å². The van der Waals surface area contributed by atoms with Crippen molar-refractivity contribution < 1.29 is 19.6 Å². The van der Waals surface area contributed by atoms with E-state index in [2.05, 4.69) is 10.4 Å². The molecule has 2 N–H and O–H groups in total. The number of rotatable bonds is 8. The third-order valence-corrected chi connectivity index (χ3v) is 3.87. The number of aryl methyl sites for hydroxylation is 2. The van der Waals surface area contributed by atoms with Crippen molar-refractivity contribution >= 4 is 17.6 Å². The SMILES string of the molecule is CC[C@H](C)[C@H](NC(=O)CCn1nc(C)c([N+](=O)[O-])c1C)C(=O)O. The van der Waals surface area contributed by atoms with E-state index in [9.17, 15) is 19.7 Å². The molecule has 9 nitrogen and oxygen atoms in total. The molecule has 2 atom stereocenters. The number of carboxylic acid groups (broad SMARTS) is 1. The summed E-state index contributed by atoms with van der Waals surface area (Å²) in [6.07, 6.45) is 0.625. The molecule has 0 bridgehead atoms. The molecule has 1 aromatic heterocycles. The molecule has 9 heteroatoms. The van der Waals surface area contributed by atoms with Crippen molar-refractivity contribution in [2.45, 2.75) is 53.1 Å². The molecule has 0 unspecified atom stereocenters. The number of nitro groups is 1. The first-order chi connectivity index (χ1) is 10.7. The molecule has 128 valence electrons. The van der Waals surface area contributed by atoms with Gasteiger partial charge in [-0.2, -0.15) is 5.10 Å². The van der Waals surface area contributed by atoms with Gasteiger partial charge in [0.2, 0.25) is 5.91 Å². The van der Waals surface area contributed by atoms with Crippen LogP contribution in [0.5, 0.6) is 0 Å². The number of hydrogen-bond donors (Lipinski definition) is 2. The van der Waals surface area contributed by atoms with E-state index in [0.29, 0.717) is 12.1 Å². The summed E-state index contributed by atoms with van der Waals surface area (Å²) in [5.41, 5.74) is 0.598. The van der Waals surface area contributed by atoms with Crippen LogP contribution < -0.4 is 5.32 Å². The second kappa shape index (κ2) is 7.70. The van der Waals surface area contributed by atoms with Gasteiger partial charge in [0.25, 0.3) is 0 Å². The standard InChI is InChI=1S/C14H22N4O5/c1-5-8(2)12(14(20)21)15-11(19)6-7-17-10(4)13(18(22)23)9(3)16-17/h8,12H,5-7H2,1-4H3,(H,15,19)(H,20,21)/t8-,12-/m0/s1. The summed E-state index contributed by atoms with van der Waals surface area (Å²) in [5, 5.41) is 26.6. The molecule has 0 aliphatic rings. The fraction of sp³-hybridized carbons (Fsp3) is 0.643. The van der Waals surface area contributed by atoms with Crippen molar-refractivity contribution in [1.82, 2.24) is 15.1 Å². The first-order valence-electron chi connectivity index (χ1n) is 7.39. The van der Waals surface area contributed by atoms with Crippen LogP contribution in [0.1, 0.15) is 38.1 Å². The lowest BCUT2D eigenvalue weighted by molar-refractivity contribution is -0.386.